The Kier molecular flexibility index (Phi) is 23.3. The van der Waals surface area contributed by atoms with Gasteiger partial charge in [0.25, 0.3) is 0 Å². The highest BCUT2D eigenvalue weighted by molar-refractivity contribution is 5.90. The SMILES string of the molecule is CC(=O)[C@H](CCCCN)CC(=O)[C@@H](NC(C)C)C(C)C.CC(=O)[C@H](CCCNC(N)=O)CC(=O)[C@@H](NC(C)C)C(C)C. The lowest BCUT2D eigenvalue weighted by Gasteiger charge is -2.25. The highest BCUT2D eigenvalue weighted by Crippen LogP contribution is 2.19. The monoisotopic (exact) mass is 597 g/mol. The molecule has 0 radical (unpaired) electrons. The first-order chi connectivity index (χ1) is 19.4. The van der Waals surface area contributed by atoms with Crippen molar-refractivity contribution in [2.24, 2.45) is 35.1 Å². The second-order valence-corrected chi connectivity index (χ2v) is 12.8. The number of unbranched alkanes of at least 4 members (excludes halogenated alkanes) is 1. The third kappa shape index (κ3) is 20.7. The van der Waals surface area contributed by atoms with Gasteiger partial charge in [-0.2, -0.15) is 0 Å². The van der Waals surface area contributed by atoms with Gasteiger partial charge in [0.15, 0.2) is 11.6 Å². The van der Waals surface area contributed by atoms with Crippen molar-refractivity contribution in [2.75, 3.05) is 13.1 Å². The fourth-order valence-electron chi connectivity index (χ4n) is 4.77. The molecule has 0 fully saturated rings. The van der Waals surface area contributed by atoms with Gasteiger partial charge in [-0.05, 0) is 57.9 Å². The highest BCUT2D eigenvalue weighted by Gasteiger charge is 2.28. The van der Waals surface area contributed by atoms with Crippen LogP contribution in [-0.2, 0) is 19.2 Å². The minimum Gasteiger partial charge on any atom is -0.352 e. The van der Waals surface area contributed by atoms with Crippen molar-refractivity contribution >= 4 is 29.2 Å². The lowest BCUT2D eigenvalue weighted by molar-refractivity contribution is -0.128. The first-order valence-corrected chi connectivity index (χ1v) is 15.8. The maximum atomic E-state index is 12.5. The Morgan fingerprint density at radius 3 is 1.29 bits per heavy atom. The number of nitrogens with two attached hydrogens (primary N) is 2. The summed E-state index contributed by atoms with van der Waals surface area (Å²) in [5.41, 5.74) is 10.5. The van der Waals surface area contributed by atoms with Crippen molar-refractivity contribution in [1.82, 2.24) is 16.0 Å². The maximum absolute atomic E-state index is 12.5. The molecule has 0 spiro atoms. The van der Waals surface area contributed by atoms with E-state index in [9.17, 15) is 24.0 Å². The van der Waals surface area contributed by atoms with E-state index in [1.807, 2.05) is 55.4 Å². The van der Waals surface area contributed by atoms with Crippen molar-refractivity contribution in [1.29, 1.82) is 0 Å². The second-order valence-electron chi connectivity index (χ2n) is 12.8. The molecule has 0 saturated heterocycles. The first-order valence-electron chi connectivity index (χ1n) is 15.8. The predicted octanol–water partition coefficient (Wildman–Crippen LogP) is 3.92. The van der Waals surface area contributed by atoms with Crippen molar-refractivity contribution in [2.45, 2.75) is 138 Å². The van der Waals surface area contributed by atoms with E-state index in [1.165, 1.54) is 6.92 Å². The number of nitrogens with one attached hydrogen (secondary N) is 3. The second kappa shape index (κ2) is 23.3. The van der Waals surface area contributed by atoms with Crippen LogP contribution >= 0.6 is 0 Å². The number of carbonyl (C=O) groups is 5. The standard InChI is InChI=1S/C16H31N3O3.C16H32N2O2/c1-10(2)15(19-11(3)4)14(21)9-13(12(5)20)7-6-8-18-16(17)22;1-11(2)16(18-12(3)4)15(20)10-14(13(5)19)8-6-7-9-17/h10-11,13,15,19H,6-9H2,1-5H3,(H3,17,18,22);11-12,14,16,18H,6-10,17H2,1-5H3/t13-,15+;14-,16+/m11/s1. The summed E-state index contributed by atoms with van der Waals surface area (Å²) in [5, 5.41) is 9.07. The number of hydrogen-bond donors (Lipinski definition) is 5. The molecule has 0 aliphatic rings. The average molecular weight is 598 g/mol. The molecule has 0 aromatic heterocycles. The van der Waals surface area contributed by atoms with Crippen LogP contribution in [0.3, 0.4) is 0 Å². The van der Waals surface area contributed by atoms with Crippen LogP contribution in [0.5, 0.6) is 0 Å². The molecule has 42 heavy (non-hydrogen) atoms. The molecule has 0 heterocycles. The summed E-state index contributed by atoms with van der Waals surface area (Å²) in [5.74, 6) is 0.331. The Morgan fingerprint density at radius 2 is 1.00 bits per heavy atom. The molecule has 4 atom stereocenters. The van der Waals surface area contributed by atoms with Gasteiger partial charge in [0.05, 0.1) is 12.1 Å². The number of ketones is 4. The number of amides is 2. The number of Topliss-reactive ketones (excluding diaryl/α,β-unsaturated/α-hetero) is 4. The lowest BCUT2D eigenvalue weighted by atomic mass is 9.87. The lowest BCUT2D eigenvalue weighted by Crippen LogP contribution is -2.45. The molecular weight excluding hydrogens is 534 g/mol. The van der Waals surface area contributed by atoms with Gasteiger partial charge < -0.3 is 27.4 Å². The minimum absolute atomic E-state index is 0.0134. The third-order valence-corrected chi connectivity index (χ3v) is 7.13. The molecule has 0 aliphatic carbocycles. The number of rotatable bonds is 22. The van der Waals surface area contributed by atoms with Crippen LogP contribution in [0.25, 0.3) is 0 Å². The molecule has 0 saturated carbocycles. The summed E-state index contributed by atoms with van der Waals surface area (Å²) < 4.78 is 0. The fourth-order valence-corrected chi connectivity index (χ4v) is 4.77. The summed E-state index contributed by atoms with van der Waals surface area (Å²) in [6.45, 7) is 20.3. The van der Waals surface area contributed by atoms with E-state index in [1.54, 1.807) is 6.92 Å². The minimum atomic E-state index is -0.573. The van der Waals surface area contributed by atoms with E-state index in [0.717, 1.165) is 19.3 Å². The van der Waals surface area contributed by atoms with Gasteiger partial charge in [-0.1, -0.05) is 61.8 Å². The topological polar surface area (TPSA) is 173 Å². The van der Waals surface area contributed by atoms with Crippen LogP contribution in [-0.4, -0.2) is 66.4 Å². The largest absolute Gasteiger partial charge is 0.352 e. The van der Waals surface area contributed by atoms with E-state index in [-0.39, 0.29) is 77.4 Å². The van der Waals surface area contributed by atoms with E-state index < -0.39 is 6.03 Å². The van der Waals surface area contributed by atoms with E-state index >= 15 is 0 Å². The van der Waals surface area contributed by atoms with Crippen LogP contribution in [0.1, 0.15) is 114 Å². The molecule has 0 unspecified atom stereocenters. The Balaban J connectivity index is 0. The molecule has 0 aliphatic heterocycles. The highest BCUT2D eigenvalue weighted by atomic mass is 16.2. The number of hydrogen-bond acceptors (Lipinski definition) is 8. The van der Waals surface area contributed by atoms with Gasteiger partial charge in [0, 0.05) is 43.3 Å². The number of urea groups is 1. The predicted molar refractivity (Wildman–Crippen MR) is 171 cm³/mol. The Morgan fingerprint density at radius 1 is 0.619 bits per heavy atom. The summed E-state index contributed by atoms with van der Waals surface area (Å²) >= 11 is 0. The third-order valence-electron chi connectivity index (χ3n) is 7.13. The Bertz CT molecular complexity index is 813. The van der Waals surface area contributed by atoms with Crippen molar-refractivity contribution < 1.29 is 24.0 Å². The molecule has 7 N–H and O–H groups in total. The maximum Gasteiger partial charge on any atom is 0.312 e. The fraction of sp³-hybridized carbons (Fsp3) is 0.844. The van der Waals surface area contributed by atoms with Crippen molar-refractivity contribution in [3.63, 3.8) is 0 Å². The number of primary amides is 1. The van der Waals surface area contributed by atoms with Crippen molar-refractivity contribution in [3.8, 4) is 0 Å². The molecule has 0 aromatic carbocycles. The summed E-state index contributed by atoms with van der Waals surface area (Å²) in [6.07, 6.45) is 4.40. The van der Waals surface area contributed by atoms with Gasteiger partial charge in [0.1, 0.15) is 11.6 Å². The molecular formula is C32H63N5O5. The molecule has 0 aromatic rings. The van der Waals surface area contributed by atoms with Crippen molar-refractivity contribution in [3.05, 3.63) is 0 Å². The van der Waals surface area contributed by atoms with Crippen LogP contribution in [0.2, 0.25) is 0 Å². The quantitative estimate of drug-likeness (QED) is 0.117. The van der Waals surface area contributed by atoms with Crippen LogP contribution in [0, 0.1) is 23.7 Å². The number of carbonyl (C=O) groups excluding carboxylic acids is 5. The zero-order chi connectivity index (χ0) is 33.0. The molecule has 10 heteroatoms. The summed E-state index contributed by atoms with van der Waals surface area (Å²) in [4.78, 5) is 58.9. The van der Waals surface area contributed by atoms with Gasteiger partial charge in [0.2, 0.25) is 0 Å². The molecule has 10 nitrogen and oxygen atoms in total. The van der Waals surface area contributed by atoms with Crippen LogP contribution < -0.4 is 27.4 Å². The van der Waals surface area contributed by atoms with Gasteiger partial charge in [-0.15, -0.1) is 0 Å². The van der Waals surface area contributed by atoms with E-state index in [4.69, 9.17) is 11.5 Å². The average Bonchev–Trinajstić information content (AvgIpc) is 2.86. The van der Waals surface area contributed by atoms with E-state index in [2.05, 4.69) is 16.0 Å². The van der Waals surface area contributed by atoms with Gasteiger partial charge in [-0.3, -0.25) is 19.2 Å². The van der Waals surface area contributed by atoms with Gasteiger partial charge >= 0.3 is 6.03 Å². The van der Waals surface area contributed by atoms with Crippen LogP contribution in [0.15, 0.2) is 0 Å². The zero-order valence-electron chi connectivity index (χ0n) is 28.2. The Hall–Kier alpha value is -2.17. The Labute approximate surface area is 255 Å². The summed E-state index contributed by atoms with van der Waals surface area (Å²) in [7, 11) is 0. The first kappa shape index (κ1) is 42.0. The molecule has 246 valence electrons. The summed E-state index contributed by atoms with van der Waals surface area (Å²) in [6, 6.07) is -0.486. The molecule has 0 bridgehead atoms. The molecule has 2 amide bonds. The zero-order valence-corrected chi connectivity index (χ0v) is 28.2. The molecule has 0 rings (SSSR count). The van der Waals surface area contributed by atoms with E-state index in [0.29, 0.717) is 32.4 Å². The normalized spacial score (nSPS) is 14.3. The smallest absolute Gasteiger partial charge is 0.312 e. The van der Waals surface area contributed by atoms with Crippen LogP contribution in [0.4, 0.5) is 4.79 Å². The van der Waals surface area contributed by atoms with Gasteiger partial charge in [-0.25, -0.2) is 4.79 Å².